The molecule has 0 atom stereocenters. The summed E-state index contributed by atoms with van der Waals surface area (Å²) in [7, 11) is -2.36. The van der Waals surface area contributed by atoms with E-state index in [0.29, 0.717) is 0 Å². The summed E-state index contributed by atoms with van der Waals surface area (Å²) in [6.07, 6.45) is 5.03. The van der Waals surface area contributed by atoms with E-state index in [2.05, 4.69) is 20.0 Å². The molecule has 2 aromatic heterocycles. The van der Waals surface area contributed by atoms with E-state index in [9.17, 15) is 13.2 Å². The van der Waals surface area contributed by atoms with E-state index < -0.39 is 10.0 Å². The predicted molar refractivity (Wildman–Crippen MR) is 113 cm³/mol. The van der Waals surface area contributed by atoms with Crippen LogP contribution in [0, 0.1) is 0 Å². The van der Waals surface area contributed by atoms with E-state index >= 15 is 0 Å². The highest BCUT2D eigenvalue weighted by atomic mass is 32.2. The molecule has 1 fully saturated rings. The van der Waals surface area contributed by atoms with Gasteiger partial charge in [0, 0.05) is 34.9 Å². The van der Waals surface area contributed by atoms with Crippen molar-refractivity contribution in [3.05, 3.63) is 58.7 Å². The lowest BCUT2D eigenvalue weighted by Crippen LogP contribution is -2.27. The maximum Gasteiger partial charge on any atom is 0.251 e. The average molecular weight is 445 g/mol. The molecule has 30 heavy (non-hydrogen) atoms. The molecule has 0 spiro atoms. The van der Waals surface area contributed by atoms with Gasteiger partial charge in [-0.05, 0) is 43.2 Å². The van der Waals surface area contributed by atoms with Crippen LogP contribution in [0.15, 0.2) is 53.0 Å². The van der Waals surface area contributed by atoms with Gasteiger partial charge in [0.2, 0.25) is 10.0 Å². The summed E-state index contributed by atoms with van der Waals surface area (Å²) < 4.78 is 33.0. The van der Waals surface area contributed by atoms with Crippen LogP contribution in [-0.4, -0.2) is 37.4 Å². The summed E-state index contributed by atoms with van der Waals surface area (Å²) in [5.74, 6) is -0.192. The van der Waals surface area contributed by atoms with Crippen molar-refractivity contribution >= 4 is 27.3 Å². The van der Waals surface area contributed by atoms with E-state index in [1.165, 1.54) is 36.6 Å². The molecule has 1 aliphatic carbocycles. The van der Waals surface area contributed by atoms with Gasteiger partial charge in [-0.2, -0.15) is 0 Å². The SMILES string of the molecule is COc1ccc(C(=O)NCc2nc(-c3ccncc3)cs2)cc1S(=O)(=O)NC1CC1. The van der Waals surface area contributed by atoms with Crippen molar-refractivity contribution in [1.82, 2.24) is 20.0 Å². The number of aromatic nitrogens is 2. The lowest BCUT2D eigenvalue weighted by molar-refractivity contribution is 0.0950. The molecule has 0 saturated heterocycles. The molecule has 2 heterocycles. The van der Waals surface area contributed by atoms with Gasteiger partial charge >= 0.3 is 0 Å². The van der Waals surface area contributed by atoms with Crippen LogP contribution in [0.4, 0.5) is 0 Å². The highest BCUT2D eigenvalue weighted by Gasteiger charge is 2.30. The topological polar surface area (TPSA) is 110 Å². The lowest BCUT2D eigenvalue weighted by atomic mass is 10.2. The molecule has 0 aliphatic heterocycles. The van der Waals surface area contributed by atoms with Crippen LogP contribution in [0.3, 0.4) is 0 Å². The number of sulfonamides is 1. The minimum absolute atomic E-state index is 0.0428. The molecule has 0 radical (unpaired) electrons. The lowest BCUT2D eigenvalue weighted by Gasteiger charge is -2.12. The van der Waals surface area contributed by atoms with E-state index in [1.807, 2.05) is 17.5 Å². The van der Waals surface area contributed by atoms with Crippen molar-refractivity contribution in [2.75, 3.05) is 7.11 Å². The van der Waals surface area contributed by atoms with Crippen LogP contribution in [0.2, 0.25) is 0 Å². The van der Waals surface area contributed by atoms with Crippen LogP contribution >= 0.6 is 11.3 Å². The summed E-state index contributed by atoms with van der Waals surface area (Å²) in [6, 6.07) is 8.05. The second-order valence-electron chi connectivity index (χ2n) is 6.81. The smallest absolute Gasteiger partial charge is 0.251 e. The van der Waals surface area contributed by atoms with Crippen molar-refractivity contribution in [2.45, 2.75) is 30.3 Å². The summed E-state index contributed by atoms with van der Waals surface area (Å²) in [5.41, 5.74) is 2.00. The maximum atomic E-state index is 12.6. The number of hydrogen-bond donors (Lipinski definition) is 2. The number of nitrogens with one attached hydrogen (secondary N) is 2. The quantitative estimate of drug-likeness (QED) is 0.553. The monoisotopic (exact) mass is 444 g/mol. The first-order chi connectivity index (χ1) is 14.5. The first-order valence-corrected chi connectivity index (χ1v) is 11.7. The number of ether oxygens (including phenoxy) is 1. The molecular formula is C20H20N4O4S2. The molecule has 0 bridgehead atoms. The average Bonchev–Trinajstić information content (AvgIpc) is 3.43. The minimum Gasteiger partial charge on any atom is -0.495 e. The number of rotatable bonds is 8. The van der Waals surface area contributed by atoms with E-state index in [1.54, 1.807) is 12.4 Å². The van der Waals surface area contributed by atoms with Crippen molar-refractivity contribution in [1.29, 1.82) is 0 Å². The first-order valence-electron chi connectivity index (χ1n) is 9.29. The third-order valence-electron chi connectivity index (χ3n) is 4.54. The van der Waals surface area contributed by atoms with Crippen molar-refractivity contribution < 1.29 is 17.9 Å². The van der Waals surface area contributed by atoms with Crippen LogP contribution in [0.1, 0.15) is 28.2 Å². The van der Waals surface area contributed by atoms with Crippen LogP contribution in [0.5, 0.6) is 5.75 Å². The molecule has 4 rings (SSSR count). The summed E-state index contributed by atoms with van der Waals surface area (Å²) in [5, 5.41) is 5.45. The summed E-state index contributed by atoms with van der Waals surface area (Å²) in [6.45, 7) is 0.239. The normalized spacial score (nSPS) is 13.8. The van der Waals surface area contributed by atoms with Gasteiger partial charge < -0.3 is 10.1 Å². The number of carbonyl (C=O) groups is 1. The minimum atomic E-state index is -3.76. The number of methoxy groups -OCH3 is 1. The maximum absolute atomic E-state index is 12.6. The highest BCUT2D eigenvalue weighted by Crippen LogP contribution is 2.28. The predicted octanol–water partition coefficient (Wildman–Crippen LogP) is 2.58. The Bertz CT molecular complexity index is 1160. The zero-order valence-corrected chi connectivity index (χ0v) is 17.8. The number of hydrogen-bond acceptors (Lipinski definition) is 7. The Morgan fingerprint density at radius 1 is 1.23 bits per heavy atom. The van der Waals surface area contributed by atoms with Gasteiger partial charge in [-0.3, -0.25) is 9.78 Å². The van der Waals surface area contributed by atoms with Crippen molar-refractivity contribution in [2.24, 2.45) is 0 Å². The van der Waals surface area contributed by atoms with Gasteiger partial charge in [-0.25, -0.2) is 18.1 Å². The van der Waals surface area contributed by atoms with Crippen LogP contribution < -0.4 is 14.8 Å². The van der Waals surface area contributed by atoms with Gasteiger partial charge in [0.25, 0.3) is 5.91 Å². The number of amides is 1. The van der Waals surface area contributed by atoms with Crippen LogP contribution in [0.25, 0.3) is 11.3 Å². The van der Waals surface area contributed by atoms with E-state index in [0.717, 1.165) is 29.1 Å². The van der Waals surface area contributed by atoms with E-state index in [4.69, 9.17) is 4.74 Å². The second kappa shape index (κ2) is 8.50. The molecule has 3 aromatic rings. The Morgan fingerprint density at radius 2 is 2.00 bits per heavy atom. The van der Waals surface area contributed by atoms with Crippen molar-refractivity contribution in [3.63, 3.8) is 0 Å². The fourth-order valence-corrected chi connectivity index (χ4v) is 5.06. The van der Waals surface area contributed by atoms with Gasteiger partial charge in [-0.1, -0.05) is 0 Å². The molecule has 156 valence electrons. The zero-order valence-electron chi connectivity index (χ0n) is 16.2. The number of thiazole rings is 1. The number of nitrogens with zero attached hydrogens (tertiary/aromatic N) is 2. The number of benzene rings is 1. The van der Waals surface area contributed by atoms with Gasteiger partial charge in [-0.15, -0.1) is 11.3 Å². The molecule has 1 saturated carbocycles. The Hall–Kier alpha value is -2.82. The molecular weight excluding hydrogens is 424 g/mol. The molecule has 1 aromatic carbocycles. The zero-order chi connectivity index (χ0) is 21.1. The third kappa shape index (κ3) is 4.66. The Morgan fingerprint density at radius 3 is 2.70 bits per heavy atom. The Kier molecular flexibility index (Phi) is 5.80. The second-order valence-corrected chi connectivity index (χ2v) is 9.43. The Labute approximate surface area is 178 Å². The number of carbonyl (C=O) groups excluding carboxylic acids is 1. The Balaban J connectivity index is 1.47. The molecule has 2 N–H and O–H groups in total. The summed E-state index contributed by atoms with van der Waals surface area (Å²) in [4.78, 5) is 21.1. The van der Waals surface area contributed by atoms with Crippen LogP contribution in [-0.2, 0) is 16.6 Å². The highest BCUT2D eigenvalue weighted by molar-refractivity contribution is 7.89. The number of pyridine rings is 1. The fraction of sp³-hybridized carbons (Fsp3) is 0.250. The third-order valence-corrected chi connectivity index (χ3v) is 6.93. The largest absolute Gasteiger partial charge is 0.495 e. The molecule has 0 unspecified atom stereocenters. The standard InChI is InChI=1S/C20H20N4O4S2/c1-28-17-5-2-14(10-18(17)30(26,27)24-15-3-4-15)20(25)22-11-19-23-16(12-29-19)13-6-8-21-9-7-13/h2,5-10,12,15,24H,3-4,11H2,1H3,(H,22,25). The molecule has 1 aliphatic rings. The van der Waals surface area contributed by atoms with Gasteiger partial charge in [0.15, 0.2) is 0 Å². The fourth-order valence-electron chi connectivity index (χ4n) is 2.82. The first kappa shape index (κ1) is 20.5. The molecule has 8 nitrogen and oxygen atoms in total. The van der Waals surface area contributed by atoms with Crippen molar-refractivity contribution in [3.8, 4) is 17.0 Å². The molecule has 1 amide bonds. The van der Waals surface area contributed by atoms with E-state index in [-0.39, 0.29) is 34.7 Å². The van der Waals surface area contributed by atoms with Gasteiger partial charge in [0.1, 0.15) is 15.7 Å². The molecule has 10 heteroatoms. The van der Waals surface area contributed by atoms with Gasteiger partial charge in [0.05, 0.1) is 19.3 Å². The summed E-state index contributed by atoms with van der Waals surface area (Å²) >= 11 is 1.44.